The van der Waals surface area contributed by atoms with Crippen LogP contribution < -0.4 is 5.32 Å². The molecule has 1 aliphatic heterocycles. The van der Waals surface area contributed by atoms with Gasteiger partial charge in [0.25, 0.3) is 0 Å². The van der Waals surface area contributed by atoms with E-state index >= 15 is 0 Å². The maximum atomic E-state index is 3.97. The topological polar surface area (TPSA) is 18.5 Å². The fourth-order valence-electron chi connectivity index (χ4n) is 3.91. The molecule has 1 heterocycles. The molecule has 0 aliphatic carbocycles. The van der Waals surface area contributed by atoms with Gasteiger partial charge in [-0.2, -0.15) is 0 Å². The number of benzene rings is 1. The zero-order valence-corrected chi connectivity index (χ0v) is 15.6. The van der Waals surface area contributed by atoms with E-state index in [0.717, 1.165) is 45.8 Å². The zero-order chi connectivity index (χ0) is 17.5. The van der Waals surface area contributed by atoms with Crippen molar-refractivity contribution in [3.63, 3.8) is 0 Å². The van der Waals surface area contributed by atoms with Gasteiger partial charge in [-0.1, -0.05) is 29.8 Å². The van der Waals surface area contributed by atoms with E-state index < -0.39 is 0 Å². The monoisotopic (exact) mass is 327 g/mol. The van der Waals surface area contributed by atoms with Gasteiger partial charge < -0.3 is 5.32 Å². The lowest BCUT2D eigenvalue weighted by Gasteiger charge is -2.38. The van der Waals surface area contributed by atoms with Crippen molar-refractivity contribution in [1.29, 1.82) is 0 Å². The lowest BCUT2D eigenvalue weighted by molar-refractivity contribution is 0.148. The molecule has 0 spiro atoms. The van der Waals surface area contributed by atoms with Gasteiger partial charge in [-0.15, -0.1) is 13.2 Å². The van der Waals surface area contributed by atoms with Crippen molar-refractivity contribution in [2.45, 2.75) is 26.8 Å². The lowest BCUT2D eigenvalue weighted by Crippen LogP contribution is -2.47. The summed E-state index contributed by atoms with van der Waals surface area (Å²) in [6.45, 7) is 21.9. The van der Waals surface area contributed by atoms with E-state index in [1.54, 1.807) is 0 Å². The molecular weight excluding hydrogens is 294 g/mol. The molecule has 0 saturated carbocycles. The zero-order valence-electron chi connectivity index (χ0n) is 15.6. The van der Waals surface area contributed by atoms with Crippen molar-refractivity contribution in [3.8, 4) is 0 Å². The van der Waals surface area contributed by atoms with Crippen LogP contribution in [0.15, 0.2) is 37.4 Å². The van der Waals surface area contributed by atoms with Crippen LogP contribution in [0, 0.1) is 20.8 Å². The fraction of sp³-hybridized carbons (Fsp3) is 0.524. The average molecular weight is 328 g/mol. The number of hydrogen-bond donors (Lipinski definition) is 1. The first kappa shape index (κ1) is 18.9. The van der Waals surface area contributed by atoms with Crippen molar-refractivity contribution in [1.82, 2.24) is 15.1 Å². The maximum Gasteiger partial charge on any atom is 0.0487 e. The fourth-order valence-corrected chi connectivity index (χ4v) is 3.91. The summed E-state index contributed by atoms with van der Waals surface area (Å²) in [6, 6.07) is 5.00. The Labute approximate surface area is 148 Å². The Kier molecular flexibility index (Phi) is 7.22. The molecule has 1 aliphatic rings. The van der Waals surface area contributed by atoms with Gasteiger partial charge in [0.15, 0.2) is 0 Å². The molecular formula is C21H33N3. The molecule has 1 N–H and O–H groups in total. The molecule has 0 bridgehead atoms. The Morgan fingerprint density at radius 2 is 1.62 bits per heavy atom. The minimum absolute atomic E-state index is 0.375. The molecule has 0 aromatic heterocycles. The van der Waals surface area contributed by atoms with Gasteiger partial charge in [0.2, 0.25) is 0 Å². The molecule has 1 aromatic carbocycles. The minimum atomic E-state index is 0.375. The third-order valence-corrected chi connectivity index (χ3v) is 4.88. The summed E-state index contributed by atoms with van der Waals surface area (Å²) in [5.74, 6) is 0. The first-order chi connectivity index (χ1) is 11.6. The van der Waals surface area contributed by atoms with Crippen LogP contribution in [-0.2, 0) is 0 Å². The number of aryl methyl sites for hydroxylation is 3. The molecule has 132 valence electrons. The van der Waals surface area contributed by atoms with E-state index in [1.807, 2.05) is 12.2 Å². The van der Waals surface area contributed by atoms with E-state index in [9.17, 15) is 0 Å². The van der Waals surface area contributed by atoms with E-state index in [4.69, 9.17) is 0 Å². The SMILES string of the molecule is C=CCN(CC=C)C(CN1CCNCC1)c1c(C)cc(C)cc1C. The summed E-state index contributed by atoms with van der Waals surface area (Å²) in [7, 11) is 0. The molecule has 1 unspecified atom stereocenters. The van der Waals surface area contributed by atoms with Crippen molar-refractivity contribution in [2.24, 2.45) is 0 Å². The third kappa shape index (κ3) is 4.79. The molecule has 3 nitrogen and oxygen atoms in total. The van der Waals surface area contributed by atoms with Crippen molar-refractivity contribution < 1.29 is 0 Å². The summed E-state index contributed by atoms with van der Waals surface area (Å²) in [6.07, 6.45) is 4.01. The molecule has 1 fully saturated rings. The lowest BCUT2D eigenvalue weighted by atomic mass is 9.92. The van der Waals surface area contributed by atoms with E-state index in [1.165, 1.54) is 22.3 Å². The number of rotatable bonds is 8. The van der Waals surface area contributed by atoms with Gasteiger partial charge in [-0.3, -0.25) is 9.80 Å². The molecule has 1 aromatic rings. The van der Waals surface area contributed by atoms with Crippen LogP contribution in [0.4, 0.5) is 0 Å². The molecule has 0 amide bonds. The Balaban J connectivity index is 2.36. The van der Waals surface area contributed by atoms with Crippen LogP contribution in [0.5, 0.6) is 0 Å². The van der Waals surface area contributed by atoms with Gasteiger partial charge in [0, 0.05) is 51.9 Å². The molecule has 1 saturated heterocycles. The second-order valence-electron chi connectivity index (χ2n) is 6.91. The molecule has 24 heavy (non-hydrogen) atoms. The van der Waals surface area contributed by atoms with Crippen LogP contribution >= 0.6 is 0 Å². The molecule has 0 radical (unpaired) electrons. The van der Waals surface area contributed by atoms with E-state index in [2.05, 4.69) is 61.2 Å². The van der Waals surface area contributed by atoms with Gasteiger partial charge >= 0.3 is 0 Å². The quantitative estimate of drug-likeness (QED) is 0.740. The van der Waals surface area contributed by atoms with Gasteiger partial charge in [-0.25, -0.2) is 0 Å². The van der Waals surface area contributed by atoms with E-state index in [0.29, 0.717) is 6.04 Å². The van der Waals surface area contributed by atoms with Crippen LogP contribution in [0.25, 0.3) is 0 Å². The highest BCUT2D eigenvalue weighted by Crippen LogP contribution is 2.29. The summed E-state index contributed by atoms with van der Waals surface area (Å²) in [5, 5.41) is 3.45. The van der Waals surface area contributed by atoms with E-state index in [-0.39, 0.29) is 0 Å². The Hall–Kier alpha value is -1.42. The Morgan fingerprint density at radius 3 is 2.12 bits per heavy atom. The number of piperazine rings is 1. The van der Waals surface area contributed by atoms with Crippen LogP contribution in [0.2, 0.25) is 0 Å². The largest absolute Gasteiger partial charge is 0.314 e. The summed E-state index contributed by atoms with van der Waals surface area (Å²) in [4.78, 5) is 5.08. The summed E-state index contributed by atoms with van der Waals surface area (Å²) >= 11 is 0. The predicted molar refractivity (Wildman–Crippen MR) is 105 cm³/mol. The van der Waals surface area contributed by atoms with Gasteiger partial charge in [0.1, 0.15) is 0 Å². The number of nitrogens with zero attached hydrogens (tertiary/aromatic N) is 2. The van der Waals surface area contributed by atoms with Crippen molar-refractivity contribution >= 4 is 0 Å². The first-order valence-electron chi connectivity index (χ1n) is 9.03. The number of nitrogens with one attached hydrogen (secondary N) is 1. The average Bonchev–Trinajstić information content (AvgIpc) is 2.54. The van der Waals surface area contributed by atoms with Crippen LogP contribution in [0.1, 0.15) is 28.3 Å². The number of hydrogen-bond acceptors (Lipinski definition) is 3. The standard InChI is InChI=1S/C21H33N3/c1-6-10-24(11-7-2)20(16-23-12-8-22-9-13-23)21-18(4)14-17(3)15-19(21)5/h6-7,14-15,20,22H,1-2,8-13,16H2,3-5H3. The smallest absolute Gasteiger partial charge is 0.0487 e. The highest BCUT2D eigenvalue weighted by atomic mass is 15.2. The summed E-state index contributed by atoms with van der Waals surface area (Å²) in [5.41, 5.74) is 5.60. The highest BCUT2D eigenvalue weighted by Gasteiger charge is 2.25. The van der Waals surface area contributed by atoms with Gasteiger partial charge in [-0.05, 0) is 37.5 Å². The van der Waals surface area contributed by atoms with Crippen LogP contribution in [-0.4, -0.2) is 55.6 Å². The molecule has 1 atom stereocenters. The normalized spacial score (nSPS) is 17.0. The van der Waals surface area contributed by atoms with Crippen molar-refractivity contribution in [3.05, 3.63) is 59.7 Å². The second kappa shape index (κ2) is 9.16. The molecule has 2 rings (SSSR count). The minimum Gasteiger partial charge on any atom is -0.314 e. The maximum absolute atomic E-state index is 3.97. The second-order valence-corrected chi connectivity index (χ2v) is 6.91. The highest BCUT2D eigenvalue weighted by molar-refractivity contribution is 5.40. The molecule has 3 heteroatoms. The van der Waals surface area contributed by atoms with Crippen LogP contribution in [0.3, 0.4) is 0 Å². The van der Waals surface area contributed by atoms with Crippen molar-refractivity contribution in [2.75, 3.05) is 45.8 Å². The predicted octanol–water partition coefficient (Wildman–Crippen LogP) is 3.23. The Bertz CT molecular complexity index is 525. The third-order valence-electron chi connectivity index (χ3n) is 4.88. The van der Waals surface area contributed by atoms with Gasteiger partial charge in [0.05, 0.1) is 0 Å². The summed E-state index contributed by atoms with van der Waals surface area (Å²) < 4.78 is 0. The first-order valence-corrected chi connectivity index (χ1v) is 9.03. The Morgan fingerprint density at radius 1 is 1.08 bits per heavy atom.